The van der Waals surface area contributed by atoms with Gasteiger partial charge in [-0.25, -0.2) is 0 Å². The van der Waals surface area contributed by atoms with Gasteiger partial charge in [-0.1, -0.05) is 43.7 Å². The van der Waals surface area contributed by atoms with Crippen LogP contribution < -0.4 is 0 Å². The molecule has 0 radical (unpaired) electrons. The molecule has 2 atom stereocenters. The first kappa shape index (κ1) is 12.7. The molecule has 0 heterocycles. The van der Waals surface area contributed by atoms with Crippen LogP contribution >= 0.6 is 11.8 Å². The van der Waals surface area contributed by atoms with E-state index in [1.165, 1.54) is 12.0 Å². The Labute approximate surface area is 108 Å². The molecule has 0 aromatic heterocycles. The molecule has 0 saturated heterocycles. The molecule has 92 valence electrons. The van der Waals surface area contributed by atoms with Gasteiger partial charge in [0.1, 0.15) is 5.78 Å². The van der Waals surface area contributed by atoms with Gasteiger partial charge in [0, 0.05) is 17.6 Å². The van der Waals surface area contributed by atoms with Gasteiger partial charge in [0.15, 0.2) is 0 Å². The molecule has 2 unspecified atom stereocenters. The first-order chi connectivity index (χ1) is 8.33. The summed E-state index contributed by atoms with van der Waals surface area (Å²) in [7, 11) is 0. The molecular weight excluding hydrogens is 228 g/mol. The number of rotatable bonds is 4. The second-order valence-corrected chi connectivity index (χ2v) is 6.02. The van der Waals surface area contributed by atoms with E-state index < -0.39 is 0 Å². The van der Waals surface area contributed by atoms with Gasteiger partial charge in [0.2, 0.25) is 0 Å². The molecule has 2 rings (SSSR count). The summed E-state index contributed by atoms with van der Waals surface area (Å²) in [6.45, 7) is 2.17. The molecule has 1 aliphatic rings. The maximum atomic E-state index is 12.1. The van der Waals surface area contributed by atoms with Crippen molar-refractivity contribution in [2.45, 2.75) is 37.9 Å². The second kappa shape index (κ2) is 6.25. The van der Waals surface area contributed by atoms with Gasteiger partial charge < -0.3 is 0 Å². The summed E-state index contributed by atoms with van der Waals surface area (Å²) < 4.78 is 0. The van der Waals surface area contributed by atoms with Crippen molar-refractivity contribution in [3.8, 4) is 0 Å². The first-order valence-corrected chi connectivity index (χ1v) is 7.57. The number of carbonyl (C=O) groups is 1. The highest BCUT2D eigenvalue weighted by Crippen LogP contribution is 2.41. The number of carbonyl (C=O) groups excluding carboxylic acids is 1. The van der Waals surface area contributed by atoms with Gasteiger partial charge in [0.05, 0.1) is 0 Å². The third kappa shape index (κ3) is 3.12. The van der Waals surface area contributed by atoms with E-state index in [1.54, 1.807) is 0 Å². The Bertz CT molecular complexity index is 360. The molecule has 0 amide bonds. The molecule has 1 aromatic carbocycles. The maximum absolute atomic E-state index is 12.1. The second-order valence-electron chi connectivity index (χ2n) is 4.61. The Hall–Kier alpha value is -0.760. The van der Waals surface area contributed by atoms with Crippen molar-refractivity contribution in [2.24, 2.45) is 5.92 Å². The molecular formula is C15H20OS. The Balaban J connectivity index is 2.19. The van der Waals surface area contributed by atoms with E-state index in [2.05, 4.69) is 31.2 Å². The Morgan fingerprint density at radius 1 is 1.29 bits per heavy atom. The monoisotopic (exact) mass is 248 g/mol. The normalized spacial score (nSPS) is 22.4. The Morgan fingerprint density at radius 3 is 2.71 bits per heavy atom. The van der Waals surface area contributed by atoms with E-state index in [0.717, 1.165) is 25.0 Å². The Kier molecular flexibility index (Phi) is 4.66. The minimum Gasteiger partial charge on any atom is -0.299 e. The van der Waals surface area contributed by atoms with E-state index in [9.17, 15) is 4.79 Å². The zero-order valence-electron chi connectivity index (χ0n) is 10.4. The number of hydrogen-bond acceptors (Lipinski definition) is 2. The van der Waals surface area contributed by atoms with Gasteiger partial charge in [-0.15, -0.1) is 0 Å². The highest BCUT2D eigenvalue weighted by atomic mass is 32.2. The smallest absolute Gasteiger partial charge is 0.137 e. The van der Waals surface area contributed by atoms with Gasteiger partial charge in [-0.05, 0) is 24.2 Å². The van der Waals surface area contributed by atoms with Crippen LogP contribution in [0.15, 0.2) is 30.3 Å². The van der Waals surface area contributed by atoms with Crippen LogP contribution in [0.3, 0.4) is 0 Å². The van der Waals surface area contributed by atoms with Gasteiger partial charge in [0.25, 0.3) is 0 Å². The summed E-state index contributed by atoms with van der Waals surface area (Å²) in [6.07, 6.45) is 4.17. The highest BCUT2D eigenvalue weighted by molar-refractivity contribution is 7.99. The highest BCUT2D eigenvalue weighted by Gasteiger charge is 2.30. The van der Waals surface area contributed by atoms with E-state index in [-0.39, 0.29) is 5.92 Å². The lowest BCUT2D eigenvalue weighted by atomic mass is 9.83. The van der Waals surface area contributed by atoms with E-state index in [0.29, 0.717) is 11.0 Å². The van der Waals surface area contributed by atoms with Gasteiger partial charge >= 0.3 is 0 Å². The van der Waals surface area contributed by atoms with Crippen molar-refractivity contribution in [1.29, 1.82) is 0 Å². The fraction of sp³-hybridized carbons (Fsp3) is 0.533. The summed E-state index contributed by atoms with van der Waals surface area (Å²) in [6, 6.07) is 10.5. The fourth-order valence-corrected chi connectivity index (χ4v) is 3.83. The summed E-state index contributed by atoms with van der Waals surface area (Å²) in [5.41, 5.74) is 1.32. The molecule has 0 N–H and O–H groups in total. The van der Waals surface area contributed by atoms with E-state index in [1.807, 2.05) is 17.8 Å². The van der Waals surface area contributed by atoms with Crippen LogP contribution in [0, 0.1) is 5.92 Å². The molecule has 0 aliphatic heterocycles. The van der Waals surface area contributed by atoms with Crippen molar-refractivity contribution >= 4 is 17.5 Å². The summed E-state index contributed by atoms with van der Waals surface area (Å²) >= 11 is 1.92. The Morgan fingerprint density at radius 2 is 2.06 bits per heavy atom. The average Bonchev–Trinajstić information content (AvgIpc) is 2.38. The van der Waals surface area contributed by atoms with E-state index in [4.69, 9.17) is 0 Å². The van der Waals surface area contributed by atoms with Crippen LogP contribution in [0.2, 0.25) is 0 Å². The largest absolute Gasteiger partial charge is 0.299 e. The molecule has 0 spiro atoms. The molecule has 1 aliphatic carbocycles. The van der Waals surface area contributed by atoms with E-state index >= 15 is 0 Å². The topological polar surface area (TPSA) is 17.1 Å². The van der Waals surface area contributed by atoms with Crippen LogP contribution in [0.5, 0.6) is 0 Å². The summed E-state index contributed by atoms with van der Waals surface area (Å²) in [4.78, 5) is 12.1. The molecule has 1 aromatic rings. The van der Waals surface area contributed by atoms with Crippen LogP contribution in [-0.4, -0.2) is 11.5 Å². The summed E-state index contributed by atoms with van der Waals surface area (Å²) in [5, 5.41) is 0.369. The number of Topliss-reactive ketones (excluding diaryl/α,β-unsaturated/α-hetero) is 1. The predicted molar refractivity (Wildman–Crippen MR) is 74.3 cm³/mol. The number of thioether (sulfide) groups is 1. The molecule has 17 heavy (non-hydrogen) atoms. The standard InChI is InChI=1S/C15H20OS/c1-2-17-15(12-8-4-3-5-9-12)13-10-6-7-11-14(13)16/h3-5,8-9,13,15H,2,6-7,10-11H2,1H3. The molecule has 1 nitrogen and oxygen atoms in total. The lowest BCUT2D eigenvalue weighted by Crippen LogP contribution is -2.24. The van der Waals surface area contributed by atoms with Crippen LogP contribution in [0.4, 0.5) is 0 Å². The SMILES string of the molecule is CCSC(c1ccccc1)C1CCCCC1=O. The quantitative estimate of drug-likeness (QED) is 0.792. The van der Waals surface area contributed by atoms with Crippen molar-refractivity contribution in [1.82, 2.24) is 0 Å². The van der Waals surface area contributed by atoms with Crippen LogP contribution in [0.1, 0.15) is 43.4 Å². The van der Waals surface area contributed by atoms with Gasteiger partial charge in [-0.3, -0.25) is 4.79 Å². The van der Waals surface area contributed by atoms with Crippen molar-refractivity contribution in [3.63, 3.8) is 0 Å². The lowest BCUT2D eigenvalue weighted by Gasteiger charge is -2.28. The molecule has 1 fully saturated rings. The minimum atomic E-state index is 0.246. The number of ketones is 1. The minimum absolute atomic E-state index is 0.246. The fourth-order valence-electron chi connectivity index (χ4n) is 2.60. The average molecular weight is 248 g/mol. The van der Waals surface area contributed by atoms with Crippen LogP contribution in [-0.2, 0) is 4.79 Å². The molecule has 1 saturated carbocycles. The number of hydrogen-bond donors (Lipinski definition) is 0. The van der Waals surface area contributed by atoms with Crippen molar-refractivity contribution < 1.29 is 4.79 Å². The third-order valence-electron chi connectivity index (χ3n) is 3.44. The zero-order valence-corrected chi connectivity index (χ0v) is 11.2. The summed E-state index contributed by atoms with van der Waals surface area (Å²) in [5.74, 6) is 1.80. The maximum Gasteiger partial charge on any atom is 0.137 e. The van der Waals surface area contributed by atoms with Crippen LogP contribution in [0.25, 0.3) is 0 Å². The zero-order chi connectivity index (χ0) is 12.1. The predicted octanol–water partition coefficient (Wildman–Crippen LogP) is 4.24. The molecule has 2 heteroatoms. The van der Waals surface area contributed by atoms with Crippen molar-refractivity contribution in [3.05, 3.63) is 35.9 Å². The molecule has 0 bridgehead atoms. The lowest BCUT2D eigenvalue weighted by molar-refractivity contribution is -0.124. The third-order valence-corrected chi connectivity index (χ3v) is 4.73. The van der Waals surface area contributed by atoms with Crippen molar-refractivity contribution in [2.75, 3.05) is 5.75 Å². The van der Waals surface area contributed by atoms with Gasteiger partial charge in [-0.2, -0.15) is 11.8 Å². The first-order valence-electron chi connectivity index (χ1n) is 6.52. The number of benzene rings is 1.